The normalized spacial score (nSPS) is 11.4. The van der Waals surface area contributed by atoms with E-state index in [-0.39, 0.29) is 0 Å². The number of aryl methyl sites for hydroxylation is 2. The lowest BCUT2D eigenvalue weighted by Crippen LogP contribution is -1.99. The number of aromatic nitrogens is 1. The number of aromatic amines is 1. The van der Waals surface area contributed by atoms with E-state index < -0.39 is 0 Å². The molecule has 0 saturated carbocycles. The van der Waals surface area contributed by atoms with E-state index in [1.165, 1.54) is 51.3 Å². The maximum Gasteiger partial charge on any atom is 0.128 e. The molecule has 1 aromatic heterocycles. The van der Waals surface area contributed by atoms with E-state index in [0.29, 0.717) is 0 Å². The Morgan fingerprint density at radius 1 is 0.900 bits per heavy atom. The van der Waals surface area contributed by atoms with Crippen LogP contribution in [0.4, 0.5) is 0 Å². The molecule has 0 saturated heterocycles. The van der Waals surface area contributed by atoms with Gasteiger partial charge in [-0.25, -0.2) is 0 Å². The smallest absolute Gasteiger partial charge is 0.128 e. The fraction of sp³-hybridized carbons (Fsp3) is 0.333. The van der Waals surface area contributed by atoms with Gasteiger partial charge >= 0.3 is 0 Å². The number of nitrogens with one attached hydrogen (secondary N) is 1. The van der Waals surface area contributed by atoms with Crippen molar-refractivity contribution in [3.05, 3.63) is 65.7 Å². The summed E-state index contributed by atoms with van der Waals surface area (Å²) < 4.78 is 5.82. The minimum absolute atomic E-state index is 0.735. The van der Waals surface area contributed by atoms with E-state index in [4.69, 9.17) is 10.5 Å². The first-order valence-corrected chi connectivity index (χ1v) is 11.2. The molecule has 0 atom stereocenters. The molecule has 156 valence electrons. The quantitative estimate of drug-likeness (QED) is 0.310. The van der Waals surface area contributed by atoms with Gasteiger partial charge in [-0.05, 0) is 84.8 Å². The second kappa shape index (κ2) is 9.36. The van der Waals surface area contributed by atoms with Gasteiger partial charge in [-0.2, -0.15) is 0 Å². The summed E-state index contributed by atoms with van der Waals surface area (Å²) in [6.45, 7) is 2.98. The molecule has 0 aliphatic heterocycles. The molecule has 3 N–H and O–H groups in total. The molecule has 0 unspecified atom stereocenters. The highest BCUT2D eigenvalue weighted by Crippen LogP contribution is 2.39. The Balaban J connectivity index is 1.88. The Morgan fingerprint density at radius 3 is 2.43 bits per heavy atom. The predicted molar refractivity (Wildman–Crippen MR) is 128 cm³/mol. The van der Waals surface area contributed by atoms with Crippen molar-refractivity contribution in [1.29, 1.82) is 0 Å². The molecule has 0 spiro atoms. The number of rotatable bonds is 9. The fourth-order valence-corrected chi connectivity index (χ4v) is 4.35. The van der Waals surface area contributed by atoms with Gasteiger partial charge in [-0.15, -0.1) is 0 Å². The van der Waals surface area contributed by atoms with E-state index >= 15 is 0 Å². The molecular formula is C27H32N2O. The van der Waals surface area contributed by atoms with Gasteiger partial charge in [-0.3, -0.25) is 0 Å². The summed E-state index contributed by atoms with van der Waals surface area (Å²) in [6, 6.07) is 19.7. The predicted octanol–water partition coefficient (Wildman–Crippen LogP) is 6.62. The van der Waals surface area contributed by atoms with E-state index in [2.05, 4.69) is 66.5 Å². The molecule has 3 aromatic carbocycles. The van der Waals surface area contributed by atoms with Crippen LogP contribution >= 0.6 is 0 Å². The highest BCUT2D eigenvalue weighted by atomic mass is 16.5. The first-order valence-electron chi connectivity index (χ1n) is 11.2. The molecule has 0 radical (unpaired) electrons. The molecule has 0 bridgehead atoms. The number of fused-ring (bicyclic) bond motifs is 2. The first kappa shape index (κ1) is 20.5. The number of methoxy groups -OCH3 is 1. The molecule has 1 heterocycles. The van der Waals surface area contributed by atoms with Crippen molar-refractivity contribution < 1.29 is 4.74 Å². The van der Waals surface area contributed by atoms with E-state index in [1.807, 2.05) is 0 Å². The standard InChI is InChI=1S/C27H32N2O/c1-3-4-9-19-13-14-25-23(16-19)22(12-7-8-15-28)27(29-25)24-17-20-10-5-6-11-21(20)18-26(24)30-2/h5-6,10-11,13-14,16-18,29H,3-4,7-9,12,15,28H2,1-2H3. The third-order valence-electron chi connectivity index (χ3n) is 6.01. The fourth-order valence-electron chi connectivity index (χ4n) is 4.35. The zero-order valence-corrected chi connectivity index (χ0v) is 18.1. The van der Waals surface area contributed by atoms with Gasteiger partial charge in [0.2, 0.25) is 0 Å². The Kier molecular flexibility index (Phi) is 6.39. The molecule has 3 heteroatoms. The van der Waals surface area contributed by atoms with Crippen molar-refractivity contribution in [2.45, 2.75) is 45.4 Å². The summed E-state index contributed by atoms with van der Waals surface area (Å²) in [5.41, 5.74) is 12.1. The molecule has 0 aliphatic rings. The number of H-pyrrole nitrogens is 1. The average molecular weight is 401 g/mol. The van der Waals surface area contributed by atoms with Crippen molar-refractivity contribution in [1.82, 2.24) is 4.98 Å². The number of unbranched alkanes of at least 4 members (excludes halogenated alkanes) is 2. The second-order valence-electron chi connectivity index (χ2n) is 8.11. The van der Waals surface area contributed by atoms with Crippen LogP contribution in [0, 0.1) is 0 Å². The number of benzene rings is 3. The third kappa shape index (κ3) is 4.08. The highest BCUT2D eigenvalue weighted by Gasteiger charge is 2.17. The Bertz CT molecular complexity index is 1140. The largest absolute Gasteiger partial charge is 0.496 e. The van der Waals surface area contributed by atoms with Crippen molar-refractivity contribution in [2.24, 2.45) is 5.73 Å². The summed E-state index contributed by atoms with van der Waals surface area (Å²) >= 11 is 0. The molecular weight excluding hydrogens is 368 g/mol. The van der Waals surface area contributed by atoms with Crippen LogP contribution in [0.25, 0.3) is 32.9 Å². The molecule has 3 nitrogen and oxygen atoms in total. The molecule has 0 aliphatic carbocycles. The Hall–Kier alpha value is -2.78. The lowest BCUT2D eigenvalue weighted by Gasteiger charge is -2.12. The molecule has 30 heavy (non-hydrogen) atoms. The van der Waals surface area contributed by atoms with Crippen LogP contribution < -0.4 is 10.5 Å². The van der Waals surface area contributed by atoms with Crippen LogP contribution in [-0.4, -0.2) is 18.6 Å². The molecule has 0 fully saturated rings. The topological polar surface area (TPSA) is 51.0 Å². The first-order chi connectivity index (χ1) is 14.7. The summed E-state index contributed by atoms with van der Waals surface area (Å²) in [5, 5.41) is 3.76. The summed E-state index contributed by atoms with van der Waals surface area (Å²) in [4.78, 5) is 3.72. The van der Waals surface area contributed by atoms with Gasteiger partial charge in [-0.1, -0.05) is 43.7 Å². The van der Waals surface area contributed by atoms with Gasteiger partial charge < -0.3 is 15.5 Å². The molecule has 4 rings (SSSR count). The SMILES string of the molecule is CCCCc1ccc2[nH]c(-c3cc4ccccc4cc3OC)c(CCCCN)c2c1. The Labute approximate surface area is 179 Å². The van der Waals surface area contributed by atoms with E-state index in [9.17, 15) is 0 Å². The van der Waals surface area contributed by atoms with E-state index in [0.717, 1.165) is 43.5 Å². The second-order valence-corrected chi connectivity index (χ2v) is 8.11. The number of hydrogen-bond acceptors (Lipinski definition) is 2. The van der Waals surface area contributed by atoms with Crippen LogP contribution in [0.15, 0.2) is 54.6 Å². The van der Waals surface area contributed by atoms with Crippen LogP contribution in [0.1, 0.15) is 43.7 Å². The summed E-state index contributed by atoms with van der Waals surface area (Å²) in [7, 11) is 1.76. The molecule has 4 aromatic rings. The number of nitrogens with two attached hydrogens (primary N) is 1. The highest BCUT2D eigenvalue weighted by molar-refractivity contribution is 5.96. The zero-order chi connectivity index (χ0) is 20.9. The number of hydrogen-bond donors (Lipinski definition) is 2. The maximum absolute atomic E-state index is 5.82. The Morgan fingerprint density at radius 2 is 1.70 bits per heavy atom. The van der Waals surface area contributed by atoms with Crippen LogP contribution in [0.3, 0.4) is 0 Å². The van der Waals surface area contributed by atoms with Gasteiger partial charge in [0.05, 0.1) is 12.8 Å². The van der Waals surface area contributed by atoms with Crippen molar-refractivity contribution in [3.63, 3.8) is 0 Å². The van der Waals surface area contributed by atoms with Crippen molar-refractivity contribution in [3.8, 4) is 17.0 Å². The van der Waals surface area contributed by atoms with Crippen LogP contribution in [0.5, 0.6) is 5.75 Å². The summed E-state index contributed by atoms with van der Waals surface area (Å²) in [5.74, 6) is 0.909. The number of ether oxygens (including phenoxy) is 1. The van der Waals surface area contributed by atoms with Gasteiger partial charge in [0.1, 0.15) is 5.75 Å². The lowest BCUT2D eigenvalue weighted by atomic mass is 9.96. The van der Waals surface area contributed by atoms with E-state index in [1.54, 1.807) is 7.11 Å². The van der Waals surface area contributed by atoms with Crippen molar-refractivity contribution >= 4 is 21.7 Å². The van der Waals surface area contributed by atoms with Gasteiger partial charge in [0.15, 0.2) is 0 Å². The van der Waals surface area contributed by atoms with Crippen LogP contribution in [0.2, 0.25) is 0 Å². The van der Waals surface area contributed by atoms with Crippen LogP contribution in [-0.2, 0) is 12.8 Å². The average Bonchev–Trinajstić information content (AvgIpc) is 3.14. The monoisotopic (exact) mass is 400 g/mol. The van der Waals surface area contributed by atoms with Crippen molar-refractivity contribution in [2.75, 3.05) is 13.7 Å². The lowest BCUT2D eigenvalue weighted by molar-refractivity contribution is 0.417. The maximum atomic E-state index is 5.82. The van der Waals surface area contributed by atoms with Gasteiger partial charge in [0.25, 0.3) is 0 Å². The van der Waals surface area contributed by atoms with Gasteiger partial charge in [0, 0.05) is 16.5 Å². The molecule has 0 amide bonds. The minimum Gasteiger partial charge on any atom is -0.496 e. The third-order valence-corrected chi connectivity index (χ3v) is 6.01. The minimum atomic E-state index is 0.735. The summed E-state index contributed by atoms with van der Waals surface area (Å²) in [6.07, 6.45) is 6.72. The zero-order valence-electron chi connectivity index (χ0n) is 18.1.